The lowest BCUT2D eigenvalue weighted by Gasteiger charge is -2.14. The van der Waals surface area contributed by atoms with Crippen molar-refractivity contribution in [2.24, 2.45) is 18.9 Å². The number of ether oxygens (including phenoxy) is 1. The quantitative estimate of drug-likeness (QED) is 0.498. The molecule has 9 nitrogen and oxygen atoms in total. The molecule has 34 heavy (non-hydrogen) atoms. The van der Waals surface area contributed by atoms with Crippen molar-refractivity contribution in [3.8, 4) is 11.1 Å². The Morgan fingerprint density at radius 1 is 1.09 bits per heavy atom. The van der Waals surface area contributed by atoms with Crippen molar-refractivity contribution in [3.63, 3.8) is 0 Å². The molecule has 1 fully saturated rings. The van der Waals surface area contributed by atoms with Gasteiger partial charge in [-0.15, -0.1) is 0 Å². The number of aromatic nitrogens is 2. The van der Waals surface area contributed by atoms with Crippen LogP contribution in [-0.4, -0.2) is 46.0 Å². The van der Waals surface area contributed by atoms with E-state index in [9.17, 15) is 19.5 Å². The van der Waals surface area contributed by atoms with E-state index in [4.69, 9.17) is 4.74 Å². The van der Waals surface area contributed by atoms with Gasteiger partial charge in [-0.2, -0.15) is 5.10 Å². The van der Waals surface area contributed by atoms with Crippen LogP contribution in [0.3, 0.4) is 0 Å². The molecule has 5 rings (SSSR count). The number of carbonyl (C=O) groups excluding carboxylic acids is 2. The second-order valence-electron chi connectivity index (χ2n) is 8.67. The van der Waals surface area contributed by atoms with Crippen molar-refractivity contribution in [2.45, 2.75) is 12.3 Å². The maximum Gasteiger partial charge on any atom is 0.407 e. The molecule has 1 aromatic heterocycles. The molecule has 0 bridgehead atoms. The summed E-state index contributed by atoms with van der Waals surface area (Å²) < 4.78 is 6.86. The Morgan fingerprint density at radius 2 is 1.74 bits per heavy atom. The molecule has 0 aliphatic heterocycles. The van der Waals surface area contributed by atoms with E-state index in [0.29, 0.717) is 13.0 Å². The number of carboxylic acid groups (broad SMARTS) is 1. The Labute approximate surface area is 195 Å². The van der Waals surface area contributed by atoms with Gasteiger partial charge >= 0.3 is 12.1 Å². The fourth-order valence-corrected chi connectivity index (χ4v) is 4.60. The Hall–Kier alpha value is -4.14. The summed E-state index contributed by atoms with van der Waals surface area (Å²) in [5, 5.41) is 18.5. The second kappa shape index (κ2) is 8.66. The highest BCUT2D eigenvalue weighted by molar-refractivity contribution is 6.00. The molecule has 0 radical (unpaired) electrons. The first-order chi connectivity index (χ1) is 16.4. The predicted octanol–water partition coefficient (Wildman–Crippen LogP) is 3.23. The molecule has 0 unspecified atom stereocenters. The number of benzene rings is 2. The van der Waals surface area contributed by atoms with Crippen LogP contribution in [-0.2, 0) is 16.6 Å². The van der Waals surface area contributed by atoms with Crippen LogP contribution in [0.2, 0.25) is 0 Å². The zero-order valence-electron chi connectivity index (χ0n) is 18.5. The molecule has 9 heteroatoms. The van der Waals surface area contributed by atoms with E-state index < -0.39 is 12.1 Å². The monoisotopic (exact) mass is 460 g/mol. The van der Waals surface area contributed by atoms with Crippen LogP contribution in [0.4, 0.5) is 10.6 Å². The number of rotatable bonds is 7. The van der Waals surface area contributed by atoms with Crippen molar-refractivity contribution >= 4 is 23.8 Å². The minimum atomic E-state index is -1.16. The summed E-state index contributed by atoms with van der Waals surface area (Å²) in [6, 6.07) is 16.3. The number of aromatic carboxylic acids is 1. The van der Waals surface area contributed by atoms with Crippen molar-refractivity contribution in [2.75, 3.05) is 18.5 Å². The number of carboxylic acids is 1. The van der Waals surface area contributed by atoms with Crippen molar-refractivity contribution in [1.29, 1.82) is 0 Å². The van der Waals surface area contributed by atoms with Crippen molar-refractivity contribution in [1.82, 2.24) is 15.1 Å². The smallest absolute Gasteiger partial charge is 0.407 e. The molecule has 0 saturated heterocycles. The lowest BCUT2D eigenvalue weighted by molar-refractivity contribution is -0.117. The van der Waals surface area contributed by atoms with Crippen LogP contribution in [0.25, 0.3) is 11.1 Å². The van der Waals surface area contributed by atoms with E-state index in [1.54, 1.807) is 7.05 Å². The third-order valence-corrected chi connectivity index (χ3v) is 6.41. The molecular formula is C25H24N4O5. The zero-order chi connectivity index (χ0) is 23.8. The number of aryl methyl sites for hydroxylation is 1. The maximum atomic E-state index is 12.5. The molecule has 3 N–H and O–H groups in total. The van der Waals surface area contributed by atoms with E-state index in [0.717, 1.165) is 22.3 Å². The van der Waals surface area contributed by atoms with Gasteiger partial charge in [0.25, 0.3) is 0 Å². The first-order valence-corrected chi connectivity index (χ1v) is 11.1. The summed E-state index contributed by atoms with van der Waals surface area (Å²) in [4.78, 5) is 36.1. The van der Waals surface area contributed by atoms with Gasteiger partial charge < -0.3 is 20.5 Å². The first kappa shape index (κ1) is 21.7. The second-order valence-corrected chi connectivity index (χ2v) is 8.67. The summed E-state index contributed by atoms with van der Waals surface area (Å²) in [7, 11) is 1.58. The standard InChI is InChI=1S/C25H24N4O5/c1-29-12-20(24(31)32)22(28-29)27-23(30)19-10-14(19)11-26-25(33)34-13-21-17-8-4-2-6-15(17)16-7-3-5-9-18(16)21/h2-9,12,14,19,21H,10-11,13H2,1H3,(H,26,33)(H,31,32)(H,27,28,30)/t14-,19-/m0/s1. The Balaban J connectivity index is 1.12. The maximum absolute atomic E-state index is 12.5. The van der Waals surface area contributed by atoms with Crippen LogP contribution >= 0.6 is 0 Å². The topological polar surface area (TPSA) is 123 Å². The summed E-state index contributed by atoms with van der Waals surface area (Å²) in [6.45, 7) is 0.537. The lowest BCUT2D eigenvalue weighted by Crippen LogP contribution is -2.29. The number of nitrogens with zero attached hydrogens (tertiary/aromatic N) is 2. The van der Waals surface area contributed by atoms with Gasteiger partial charge in [0, 0.05) is 31.6 Å². The SMILES string of the molecule is Cn1cc(C(=O)O)c(NC(=O)[C@H]2C[C@H]2CNC(=O)OCC2c3ccccc3-c3ccccc32)n1. The van der Waals surface area contributed by atoms with E-state index in [1.807, 2.05) is 24.3 Å². The van der Waals surface area contributed by atoms with Crippen LogP contribution in [0, 0.1) is 11.8 Å². The van der Waals surface area contributed by atoms with Crippen molar-refractivity contribution in [3.05, 3.63) is 71.4 Å². The number of carbonyl (C=O) groups is 3. The van der Waals surface area contributed by atoms with Gasteiger partial charge in [-0.05, 0) is 34.6 Å². The van der Waals surface area contributed by atoms with Crippen molar-refractivity contribution < 1.29 is 24.2 Å². The number of nitrogens with one attached hydrogen (secondary N) is 2. The predicted molar refractivity (Wildman–Crippen MR) is 123 cm³/mol. The average molecular weight is 460 g/mol. The molecule has 2 aromatic carbocycles. The van der Waals surface area contributed by atoms with E-state index in [2.05, 4.69) is 40.0 Å². The number of amides is 2. The molecule has 2 amide bonds. The van der Waals surface area contributed by atoms with Gasteiger partial charge in [0.15, 0.2) is 5.82 Å². The fourth-order valence-electron chi connectivity index (χ4n) is 4.60. The highest BCUT2D eigenvalue weighted by atomic mass is 16.5. The van der Waals surface area contributed by atoms with Gasteiger partial charge in [0.1, 0.15) is 12.2 Å². The van der Waals surface area contributed by atoms with Crippen LogP contribution in [0.1, 0.15) is 33.8 Å². The Morgan fingerprint density at radius 3 is 2.38 bits per heavy atom. The fraction of sp³-hybridized carbons (Fsp3) is 0.280. The summed E-state index contributed by atoms with van der Waals surface area (Å²) in [5.74, 6) is -1.79. The normalized spacial score (nSPS) is 18.0. The number of fused-ring (bicyclic) bond motifs is 3. The van der Waals surface area contributed by atoms with Gasteiger partial charge in [-0.25, -0.2) is 9.59 Å². The van der Waals surface area contributed by atoms with Gasteiger partial charge in [-0.1, -0.05) is 48.5 Å². The van der Waals surface area contributed by atoms with Gasteiger partial charge in [-0.3, -0.25) is 9.48 Å². The molecule has 2 atom stereocenters. The molecule has 174 valence electrons. The van der Waals surface area contributed by atoms with E-state index in [1.165, 1.54) is 10.9 Å². The Bertz CT molecular complexity index is 1240. The van der Waals surface area contributed by atoms with E-state index >= 15 is 0 Å². The lowest BCUT2D eigenvalue weighted by atomic mass is 9.98. The van der Waals surface area contributed by atoms with Gasteiger partial charge in [0.05, 0.1) is 0 Å². The highest BCUT2D eigenvalue weighted by Crippen LogP contribution is 2.44. The van der Waals surface area contributed by atoms with Crippen LogP contribution < -0.4 is 10.6 Å². The van der Waals surface area contributed by atoms with E-state index in [-0.39, 0.29) is 41.6 Å². The molecule has 2 aliphatic rings. The summed E-state index contributed by atoms with van der Waals surface area (Å²) in [6.07, 6.45) is 1.41. The summed E-state index contributed by atoms with van der Waals surface area (Å²) in [5.41, 5.74) is 4.55. The first-order valence-electron chi connectivity index (χ1n) is 11.1. The number of hydrogen-bond acceptors (Lipinski definition) is 5. The molecule has 2 aliphatic carbocycles. The largest absolute Gasteiger partial charge is 0.477 e. The third-order valence-electron chi connectivity index (χ3n) is 6.41. The minimum absolute atomic E-state index is 0.0144. The summed E-state index contributed by atoms with van der Waals surface area (Å²) >= 11 is 0. The Kier molecular flexibility index (Phi) is 5.53. The average Bonchev–Trinajstić information content (AvgIpc) is 3.42. The number of alkyl carbamates (subject to hydrolysis) is 1. The number of hydrogen-bond donors (Lipinski definition) is 3. The van der Waals surface area contributed by atoms with Crippen LogP contribution in [0.15, 0.2) is 54.7 Å². The zero-order valence-corrected chi connectivity index (χ0v) is 18.5. The number of anilines is 1. The third kappa shape index (κ3) is 4.12. The minimum Gasteiger partial charge on any atom is -0.477 e. The highest BCUT2D eigenvalue weighted by Gasteiger charge is 2.43. The molecule has 0 spiro atoms. The van der Waals surface area contributed by atoms with Gasteiger partial charge in [0.2, 0.25) is 5.91 Å². The molecule has 3 aromatic rings. The molecular weight excluding hydrogens is 436 g/mol. The molecule has 1 saturated carbocycles. The van der Waals surface area contributed by atoms with Crippen LogP contribution in [0.5, 0.6) is 0 Å². The molecule has 1 heterocycles.